The van der Waals surface area contributed by atoms with Crippen molar-refractivity contribution < 1.29 is 9.90 Å². The number of nitrogens with two attached hydrogens (primary N) is 1. The number of anilines is 1. The normalized spacial score (nSPS) is 19.1. The Morgan fingerprint density at radius 1 is 1.50 bits per heavy atom. The van der Waals surface area contributed by atoms with Gasteiger partial charge in [0.05, 0.1) is 5.69 Å². The second-order valence-electron chi connectivity index (χ2n) is 6.50. The molecule has 2 heterocycles. The van der Waals surface area contributed by atoms with Crippen LogP contribution in [-0.2, 0) is 4.79 Å². The molecule has 0 amide bonds. The molecule has 2 rings (SSSR count). The molecule has 0 spiro atoms. The van der Waals surface area contributed by atoms with Crippen LogP contribution in [0.15, 0.2) is 5.38 Å². The Balaban J connectivity index is 1.99. The lowest BCUT2D eigenvalue weighted by Gasteiger charge is -2.38. The van der Waals surface area contributed by atoms with Gasteiger partial charge in [0.2, 0.25) is 0 Å². The number of hydrogen-bond donors (Lipinski definition) is 2. The third-order valence-corrected chi connectivity index (χ3v) is 5.00. The quantitative estimate of drug-likeness (QED) is 0.896. The van der Waals surface area contributed by atoms with Gasteiger partial charge in [-0.1, -0.05) is 20.8 Å². The smallest absolute Gasteiger partial charge is 0.326 e. The maximum absolute atomic E-state index is 10.9. The maximum atomic E-state index is 10.9. The first-order chi connectivity index (χ1) is 9.29. The summed E-state index contributed by atoms with van der Waals surface area (Å²) in [5.74, 6) is -0.298. The van der Waals surface area contributed by atoms with Crippen LogP contribution >= 0.6 is 11.3 Å². The van der Waals surface area contributed by atoms with Gasteiger partial charge < -0.3 is 15.7 Å². The van der Waals surface area contributed by atoms with Crippen LogP contribution in [0.3, 0.4) is 0 Å². The standard InChI is InChI=1S/C14H23N3O2S/c1-14(2,3)9-4-6-17(7-5-9)13-16-10(8-20-13)11(15)12(18)19/h8-9,11H,4-7,15H2,1-3H3,(H,18,19). The number of nitrogens with zero attached hydrogens (tertiary/aromatic N) is 2. The molecule has 5 nitrogen and oxygen atoms in total. The first-order valence-electron chi connectivity index (χ1n) is 6.98. The third-order valence-electron chi connectivity index (χ3n) is 4.08. The highest BCUT2D eigenvalue weighted by Gasteiger charge is 2.30. The molecule has 1 aliphatic heterocycles. The molecule has 1 aliphatic rings. The summed E-state index contributed by atoms with van der Waals surface area (Å²) in [4.78, 5) is 17.5. The molecule has 0 aliphatic carbocycles. The number of piperidine rings is 1. The van der Waals surface area contributed by atoms with Gasteiger partial charge in [-0.3, -0.25) is 4.79 Å². The van der Waals surface area contributed by atoms with Crippen molar-refractivity contribution in [2.45, 2.75) is 39.7 Å². The van der Waals surface area contributed by atoms with Crippen LogP contribution in [-0.4, -0.2) is 29.1 Å². The Bertz CT molecular complexity index is 473. The van der Waals surface area contributed by atoms with Crippen molar-refractivity contribution in [3.05, 3.63) is 11.1 Å². The average molecular weight is 297 g/mol. The Hall–Kier alpha value is -1.14. The summed E-state index contributed by atoms with van der Waals surface area (Å²) >= 11 is 1.48. The first kappa shape index (κ1) is 15.3. The average Bonchev–Trinajstić information content (AvgIpc) is 2.86. The third kappa shape index (κ3) is 3.30. The topological polar surface area (TPSA) is 79.5 Å². The van der Waals surface area contributed by atoms with E-state index in [2.05, 4.69) is 30.7 Å². The van der Waals surface area contributed by atoms with Crippen LogP contribution in [0.2, 0.25) is 0 Å². The van der Waals surface area contributed by atoms with Gasteiger partial charge in [-0.2, -0.15) is 0 Å². The highest BCUT2D eigenvalue weighted by atomic mass is 32.1. The lowest BCUT2D eigenvalue weighted by atomic mass is 9.75. The molecule has 0 bridgehead atoms. The summed E-state index contributed by atoms with van der Waals surface area (Å²) < 4.78 is 0. The Morgan fingerprint density at radius 2 is 2.10 bits per heavy atom. The highest BCUT2D eigenvalue weighted by Crippen LogP contribution is 2.36. The van der Waals surface area contributed by atoms with Gasteiger partial charge in [0.25, 0.3) is 0 Å². The van der Waals surface area contributed by atoms with Crippen molar-refractivity contribution in [2.24, 2.45) is 17.1 Å². The Morgan fingerprint density at radius 3 is 2.60 bits per heavy atom. The van der Waals surface area contributed by atoms with Gasteiger partial charge in [0.1, 0.15) is 6.04 Å². The second kappa shape index (κ2) is 5.69. The van der Waals surface area contributed by atoms with Crippen LogP contribution in [0.5, 0.6) is 0 Å². The van der Waals surface area contributed by atoms with Crippen molar-refractivity contribution >= 4 is 22.4 Å². The number of rotatable bonds is 3. The summed E-state index contributed by atoms with van der Waals surface area (Å²) in [5, 5.41) is 11.6. The summed E-state index contributed by atoms with van der Waals surface area (Å²) in [6.07, 6.45) is 2.31. The predicted octanol–water partition coefficient (Wildman–Crippen LogP) is 2.49. The Kier molecular flexibility index (Phi) is 4.34. The highest BCUT2D eigenvalue weighted by molar-refractivity contribution is 7.13. The van der Waals surface area contributed by atoms with Crippen molar-refractivity contribution in [2.75, 3.05) is 18.0 Å². The first-order valence-corrected chi connectivity index (χ1v) is 7.86. The van der Waals surface area contributed by atoms with Crippen LogP contribution in [0, 0.1) is 11.3 Å². The van der Waals surface area contributed by atoms with Crippen molar-refractivity contribution in [1.29, 1.82) is 0 Å². The van der Waals surface area contributed by atoms with Gasteiger partial charge in [0, 0.05) is 18.5 Å². The fourth-order valence-corrected chi connectivity index (χ4v) is 3.54. The van der Waals surface area contributed by atoms with E-state index in [1.807, 2.05) is 0 Å². The molecule has 3 N–H and O–H groups in total. The fourth-order valence-electron chi connectivity index (χ4n) is 2.63. The van der Waals surface area contributed by atoms with Crippen LogP contribution < -0.4 is 10.6 Å². The van der Waals surface area contributed by atoms with E-state index in [1.165, 1.54) is 11.3 Å². The molecule has 0 saturated carbocycles. The SMILES string of the molecule is CC(C)(C)C1CCN(c2nc(C(N)C(=O)O)cs2)CC1. The molecule has 1 saturated heterocycles. The van der Waals surface area contributed by atoms with E-state index < -0.39 is 12.0 Å². The van der Waals surface area contributed by atoms with E-state index in [0.717, 1.165) is 37.0 Å². The van der Waals surface area contributed by atoms with Gasteiger partial charge in [0.15, 0.2) is 5.13 Å². The summed E-state index contributed by atoms with van der Waals surface area (Å²) in [5.41, 5.74) is 6.39. The minimum Gasteiger partial charge on any atom is -0.480 e. The van der Waals surface area contributed by atoms with Gasteiger partial charge >= 0.3 is 5.97 Å². The van der Waals surface area contributed by atoms with E-state index in [0.29, 0.717) is 11.1 Å². The molecule has 6 heteroatoms. The predicted molar refractivity (Wildman–Crippen MR) is 81.1 cm³/mol. The van der Waals surface area contributed by atoms with E-state index in [1.54, 1.807) is 5.38 Å². The molecule has 0 aromatic carbocycles. The van der Waals surface area contributed by atoms with Crippen LogP contribution in [0.1, 0.15) is 45.3 Å². The number of aromatic nitrogens is 1. The number of carboxylic acids is 1. The number of hydrogen-bond acceptors (Lipinski definition) is 5. The monoisotopic (exact) mass is 297 g/mol. The molecule has 1 atom stereocenters. The van der Waals surface area contributed by atoms with E-state index in [4.69, 9.17) is 10.8 Å². The van der Waals surface area contributed by atoms with Crippen molar-refractivity contribution in [3.63, 3.8) is 0 Å². The molecule has 112 valence electrons. The zero-order valence-corrected chi connectivity index (χ0v) is 13.1. The molecular weight excluding hydrogens is 274 g/mol. The minimum atomic E-state index is -1.03. The summed E-state index contributed by atoms with van der Waals surface area (Å²) in [7, 11) is 0. The number of carbonyl (C=O) groups is 1. The largest absolute Gasteiger partial charge is 0.480 e. The lowest BCUT2D eigenvalue weighted by Crippen LogP contribution is -2.38. The fraction of sp³-hybridized carbons (Fsp3) is 0.714. The Labute approximate surface area is 123 Å². The van der Waals surface area contributed by atoms with E-state index in [9.17, 15) is 4.79 Å². The maximum Gasteiger partial charge on any atom is 0.326 e. The minimum absolute atomic E-state index is 0.353. The lowest BCUT2D eigenvalue weighted by molar-refractivity contribution is -0.138. The van der Waals surface area contributed by atoms with Gasteiger partial charge in [-0.15, -0.1) is 11.3 Å². The van der Waals surface area contributed by atoms with Crippen molar-refractivity contribution in [3.8, 4) is 0 Å². The number of carboxylic acid groups (broad SMARTS) is 1. The molecule has 1 unspecified atom stereocenters. The van der Waals surface area contributed by atoms with Crippen LogP contribution in [0.25, 0.3) is 0 Å². The van der Waals surface area contributed by atoms with E-state index >= 15 is 0 Å². The molecule has 1 aromatic heterocycles. The second-order valence-corrected chi connectivity index (χ2v) is 7.33. The van der Waals surface area contributed by atoms with Crippen molar-refractivity contribution in [1.82, 2.24) is 4.98 Å². The van der Waals surface area contributed by atoms with E-state index in [-0.39, 0.29) is 0 Å². The summed E-state index contributed by atoms with van der Waals surface area (Å²) in [6.45, 7) is 8.84. The molecule has 1 aromatic rings. The molecule has 20 heavy (non-hydrogen) atoms. The molecule has 0 radical (unpaired) electrons. The van der Waals surface area contributed by atoms with Crippen LogP contribution in [0.4, 0.5) is 5.13 Å². The number of aliphatic carboxylic acids is 1. The zero-order valence-electron chi connectivity index (χ0n) is 12.3. The zero-order chi connectivity index (χ0) is 14.9. The van der Waals surface area contributed by atoms with Gasteiger partial charge in [-0.05, 0) is 24.2 Å². The molecule has 1 fully saturated rings. The molecular formula is C14H23N3O2S. The summed E-state index contributed by atoms with van der Waals surface area (Å²) in [6, 6.07) is -1.02. The van der Waals surface area contributed by atoms with Gasteiger partial charge in [-0.25, -0.2) is 4.98 Å². The number of thiazole rings is 1.